The summed E-state index contributed by atoms with van der Waals surface area (Å²) < 4.78 is 0. The van der Waals surface area contributed by atoms with Crippen LogP contribution in [-0.2, 0) is 11.2 Å². The van der Waals surface area contributed by atoms with Crippen LogP contribution in [-0.4, -0.2) is 48.5 Å². The van der Waals surface area contributed by atoms with E-state index in [1.165, 1.54) is 11.1 Å². The highest BCUT2D eigenvalue weighted by Crippen LogP contribution is 2.26. The maximum Gasteiger partial charge on any atom is 0.224 e. The summed E-state index contributed by atoms with van der Waals surface area (Å²) in [7, 11) is 0. The summed E-state index contributed by atoms with van der Waals surface area (Å²) in [5, 5.41) is 4.13. The first-order chi connectivity index (χ1) is 14.6. The molecule has 0 bridgehead atoms. The molecule has 5 heteroatoms. The topological polar surface area (TPSA) is 48.5 Å². The van der Waals surface area contributed by atoms with Crippen molar-refractivity contribution in [2.24, 2.45) is 0 Å². The lowest BCUT2D eigenvalue weighted by Gasteiger charge is -2.35. The summed E-state index contributed by atoms with van der Waals surface area (Å²) in [6.07, 6.45) is 1.22. The number of benzene rings is 2. The average Bonchev–Trinajstić information content (AvgIpc) is 2.79. The molecule has 2 aromatic carbocycles. The molecule has 0 saturated carbocycles. The number of piperazine rings is 1. The monoisotopic (exact) mass is 402 g/mol. The van der Waals surface area contributed by atoms with Gasteiger partial charge in [0, 0.05) is 43.7 Å². The van der Waals surface area contributed by atoms with E-state index in [1.54, 1.807) is 0 Å². The number of anilines is 2. The van der Waals surface area contributed by atoms with Crippen LogP contribution in [0.1, 0.15) is 24.5 Å². The van der Waals surface area contributed by atoms with Gasteiger partial charge in [-0.05, 0) is 55.3 Å². The SMILES string of the molecule is CCN1CCN(c2cc(C)c3cc(NC(=O)CCc4ccccc4)ccc3n2)CC1. The van der Waals surface area contributed by atoms with Gasteiger partial charge in [-0.3, -0.25) is 4.79 Å². The zero-order chi connectivity index (χ0) is 20.9. The standard InChI is InChI=1S/C25H30N4O/c1-3-28-13-15-29(16-14-28)24-17-19(2)22-18-21(10-11-23(22)27-24)26-25(30)12-9-20-7-5-4-6-8-20/h4-8,10-11,17-18H,3,9,12-16H2,1-2H3,(H,26,30). The second-order valence-corrected chi connectivity index (χ2v) is 7.98. The number of rotatable bonds is 6. The number of pyridine rings is 1. The van der Waals surface area contributed by atoms with E-state index in [-0.39, 0.29) is 5.91 Å². The number of fused-ring (bicyclic) bond motifs is 1. The fraction of sp³-hybridized carbons (Fsp3) is 0.360. The van der Waals surface area contributed by atoms with Crippen molar-refractivity contribution in [1.82, 2.24) is 9.88 Å². The van der Waals surface area contributed by atoms with E-state index in [2.05, 4.69) is 47.2 Å². The average molecular weight is 403 g/mol. The summed E-state index contributed by atoms with van der Waals surface area (Å²) >= 11 is 0. The number of nitrogens with zero attached hydrogens (tertiary/aromatic N) is 3. The number of hydrogen-bond donors (Lipinski definition) is 1. The van der Waals surface area contributed by atoms with Gasteiger partial charge in [-0.25, -0.2) is 4.98 Å². The minimum absolute atomic E-state index is 0.0363. The number of aromatic nitrogens is 1. The Kier molecular flexibility index (Phi) is 6.29. The predicted octanol–water partition coefficient (Wildman–Crippen LogP) is 4.26. The third kappa shape index (κ3) is 4.79. The van der Waals surface area contributed by atoms with E-state index >= 15 is 0 Å². The van der Waals surface area contributed by atoms with E-state index in [0.29, 0.717) is 6.42 Å². The van der Waals surface area contributed by atoms with Crippen molar-refractivity contribution in [3.8, 4) is 0 Å². The van der Waals surface area contributed by atoms with Crippen LogP contribution in [0.15, 0.2) is 54.6 Å². The lowest BCUT2D eigenvalue weighted by molar-refractivity contribution is -0.116. The van der Waals surface area contributed by atoms with Crippen LogP contribution in [0.4, 0.5) is 11.5 Å². The quantitative estimate of drug-likeness (QED) is 0.669. The normalized spacial score (nSPS) is 14.8. The fourth-order valence-electron chi connectivity index (χ4n) is 4.04. The van der Waals surface area contributed by atoms with E-state index < -0.39 is 0 Å². The summed E-state index contributed by atoms with van der Waals surface area (Å²) in [5.74, 6) is 1.09. The van der Waals surface area contributed by atoms with Crippen molar-refractivity contribution >= 4 is 28.3 Å². The third-order valence-corrected chi connectivity index (χ3v) is 5.91. The van der Waals surface area contributed by atoms with Crippen molar-refractivity contribution in [3.63, 3.8) is 0 Å². The van der Waals surface area contributed by atoms with Crippen LogP contribution in [0.25, 0.3) is 10.9 Å². The van der Waals surface area contributed by atoms with Gasteiger partial charge >= 0.3 is 0 Å². The van der Waals surface area contributed by atoms with Gasteiger partial charge in [0.2, 0.25) is 5.91 Å². The Morgan fingerprint density at radius 1 is 1.03 bits per heavy atom. The maximum atomic E-state index is 12.4. The van der Waals surface area contributed by atoms with Crippen molar-refractivity contribution in [1.29, 1.82) is 0 Å². The lowest BCUT2D eigenvalue weighted by Crippen LogP contribution is -2.46. The van der Waals surface area contributed by atoms with Gasteiger partial charge in [0.25, 0.3) is 0 Å². The van der Waals surface area contributed by atoms with Gasteiger partial charge < -0.3 is 15.1 Å². The summed E-state index contributed by atoms with van der Waals surface area (Å²) in [5.41, 5.74) is 4.17. The first-order valence-corrected chi connectivity index (χ1v) is 10.8. The van der Waals surface area contributed by atoms with Crippen LogP contribution in [0.5, 0.6) is 0 Å². The molecule has 1 saturated heterocycles. The highest BCUT2D eigenvalue weighted by molar-refractivity contribution is 5.94. The molecular formula is C25H30N4O. The van der Waals surface area contributed by atoms with Crippen LogP contribution < -0.4 is 10.2 Å². The first-order valence-electron chi connectivity index (χ1n) is 10.8. The van der Waals surface area contributed by atoms with Gasteiger partial charge in [-0.1, -0.05) is 37.3 Å². The molecule has 1 amide bonds. The molecule has 0 unspecified atom stereocenters. The van der Waals surface area contributed by atoms with Crippen LogP contribution >= 0.6 is 0 Å². The molecule has 1 fully saturated rings. The smallest absolute Gasteiger partial charge is 0.224 e. The Labute approximate surface area is 178 Å². The summed E-state index contributed by atoms with van der Waals surface area (Å²) in [4.78, 5) is 22.1. The van der Waals surface area contributed by atoms with Crippen molar-refractivity contribution in [3.05, 3.63) is 65.7 Å². The molecule has 1 aromatic heterocycles. The minimum atomic E-state index is 0.0363. The molecule has 1 aliphatic heterocycles. The van der Waals surface area contributed by atoms with Crippen LogP contribution in [0.2, 0.25) is 0 Å². The molecule has 156 valence electrons. The van der Waals surface area contributed by atoms with E-state index in [0.717, 1.165) is 61.6 Å². The molecule has 30 heavy (non-hydrogen) atoms. The Morgan fingerprint density at radius 2 is 1.80 bits per heavy atom. The third-order valence-electron chi connectivity index (χ3n) is 5.91. The highest BCUT2D eigenvalue weighted by atomic mass is 16.1. The number of likely N-dealkylation sites (N-methyl/N-ethyl adjacent to an activating group) is 1. The van der Waals surface area contributed by atoms with Crippen molar-refractivity contribution in [2.75, 3.05) is 42.9 Å². The van der Waals surface area contributed by atoms with Gasteiger partial charge in [-0.2, -0.15) is 0 Å². The number of aryl methyl sites for hydroxylation is 2. The maximum absolute atomic E-state index is 12.4. The van der Waals surface area contributed by atoms with Crippen molar-refractivity contribution < 1.29 is 4.79 Å². The van der Waals surface area contributed by atoms with Gasteiger partial charge in [0.15, 0.2) is 0 Å². The zero-order valence-corrected chi connectivity index (χ0v) is 17.9. The lowest BCUT2D eigenvalue weighted by atomic mass is 10.1. The van der Waals surface area contributed by atoms with Gasteiger partial charge in [0.1, 0.15) is 5.82 Å². The molecule has 0 radical (unpaired) electrons. The van der Waals surface area contributed by atoms with E-state index in [4.69, 9.17) is 4.98 Å². The number of hydrogen-bond acceptors (Lipinski definition) is 4. The molecule has 0 spiro atoms. The largest absolute Gasteiger partial charge is 0.354 e. The predicted molar refractivity (Wildman–Crippen MR) is 124 cm³/mol. The number of nitrogens with one attached hydrogen (secondary N) is 1. The second kappa shape index (κ2) is 9.26. The molecule has 1 aliphatic rings. The molecule has 5 nitrogen and oxygen atoms in total. The number of carbonyl (C=O) groups is 1. The van der Waals surface area contributed by atoms with Crippen LogP contribution in [0, 0.1) is 6.92 Å². The number of amides is 1. The Hall–Kier alpha value is -2.92. The Balaban J connectivity index is 1.44. The molecule has 1 N–H and O–H groups in total. The van der Waals surface area contributed by atoms with Gasteiger partial charge in [-0.15, -0.1) is 0 Å². The highest BCUT2D eigenvalue weighted by Gasteiger charge is 2.18. The molecule has 3 aromatic rings. The van der Waals surface area contributed by atoms with E-state index in [1.807, 2.05) is 36.4 Å². The van der Waals surface area contributed by atoms with E-state index in [9.17, 15) is 4.79 Å². The molecule has 0 atom stereocenters. The Morgan fingerprint density at radius 3 is 2.53 bits per heavy atom. The number of carbonyl (C=O) groups excluding carboxylic acids is 1. The summed E-state index contributed by atoms with van der Waals surface area (Å²) in [6.45, 7) is 9.65. The second-order valence-electron chi connectivity index (χ2n) is 7.98. The Bertz CT molecular complexity index is 1010. The first kappa shape index (κ1) is 20.4. The molecular weight excluding hydrogens is 372 g/mol. The summed E-state index contributed by atoms with van der Waals surface area (Å²) in [6, 6.07) is 18.3. The molecule has 0 aliphatic carbocycles. The van der Waals surface area contributed by atoms with Crippen LogP contribution in [0.3, 0.4) is 0 Å². The fourth-order valence-corrected chi connectivity index (χ4v) is 4.04. The molecule has 2 heterocycles. The molecule has 4 rings (SSSR count). The van der Waals surface area contributed by atoms with Gasteiger partial charge in [0.05, 0.1) is 5.52 Å². The zero-order valence-electron chi connectivity index (χ0n) is 17.9. The van der Waals surface area contributed by atoms with Crippen molar-refractivity contribution in [2.45, 2.75) is 26.7 Å². The minimum Gasteiger partial charge on any atom is -0.354 e.